The van der Waals surface area contributed by atoms with Crippen LogP contribution in [0.5, 0.6) is 0 Å². The third-order valence-electron chi connectivity index (χ3n) is 2.45. The summed E-state index contributed by atoms with van der Waals surface area (Å²) in [5.41, 5.74) is 1.37. The second-order valence-electron chi connectivity index (χ2n) is 3.98. The highest BCUT2D eigenvalue weighted by atomic mass is 15.2. The summed E-state index contributed by atoms with van der Waals surface area (Å²) in [5, 5.41) is 0. The molecule has 2 nitrogen and oxygen atoms in total. The van der Waals surface area contributed by atoms with E-state index in [4.69, 9.17) is 0 Å². The van der Waals surface area contributed by atoms with Gasteiger partial charge in [0.15, 0.2) is 0 Å². The first-order valence-corrected chi connectivity index (χ1v) is 4.56. The summed E-state index contributed by atoms with van der Waals surface area (Å²) in [6.07, 6.45) is 9.14. The number of rotatable bonds is 1. The Labute approximate surface area is 78.9 Å². The number of pyridine rings is 1. The average Bonchev–Trinajstić information content (AvgIpc) is 2.47. The molecule has 0 N–H and O–H groups in total. The van der Waals surface area contributed by atoms with Crippen molar-refractivity contribution in [2.24, 2.45) is 0 Å². The lowest BCUT2D eigenvalue weighted by molar-refractivity contribution is 0.534. The molecule has 1 aromatic rings. The molecule has 0 bridgehead atoms. The van der Waals surface area contributed by atoms with Crippen LogP contribution in [-0.4, -0.2) is 10.5 Å². The van der Waals surface area contributed by atoms with Crippen molar-refractivity contribution in [2.45, 2.75) is 25.8 Å². The Morgan fingerprint density at radius 1 is 1.46 bits per heavy atom. The van der Waals surface area contributed by atoms with E-state index < -0.39 is 0 Å². The predicted molar refractivity (Wildman–Crippen MR) is 54.6 cm³/mol. The Balaban J connectivity index is 2.32. The van der Waals surface area contributed by atoms with Crippen molar-refractivity contribution in [1.29, 1.82) is 0 Å². The minimum atomic E-state index is 0.197. The highest BCUT2D eigenvalue weighted by Gasteiger charge is 2.28. The molecule has 2 heteroatoms. The lowest BCUT2D eigenvalue weighted by Gasteiger charge is -2.32. The number of aromatic nitrogens is 1. The Morgan fingerprint density at radius 2 is 2.31 bits per heavy atom. The van der Waals surface area contributed by atoms with Gasteiger partial charge < -0.3 is 4.90 Å². The van der Waals surface area contributed by atoms with Crippen molar-refractivity contribution in [3.8, 4) is 0 Å². The summed E-state index contributed by atoms with van der Waals surface area (Å²) in [4.78, 5) is 6.38. The summed E-state index contributed by atoms with van der Waals surface area (Å²) >= 11 is 0. The monoisotopic (exact) mass is 174 g/mol. The van der Waals surface area contributed by atoms with Gasteiger partial charge in [-0.3, -0.25) is 4.98 Å². The summed E-state index contributed by atoms with van der Waals surface area (Å²) in [6.45, 7) is 4.47. The van der Waals surface area contributed by atoms with Gasteiger partial charge in [0, 0.05) is 17.9 Å². The average molecular weight is 174 g/mol. The fraction of sp³-hybridized carbons (Fsp3) is 0.364. The molecule has 2 heterocycles. The Hall–Kier alpha value is -1.31. The van der Waals surface area contributed by atoms with E-state index in [2.05, 4.69) is 42.1 Å². The van der Waals surface area contributed by atoms with Gasteiger partial charge in [-0.25, -0.2) is 0 Å². The lowest BCUT2D eigenvalue weighted by Crippen LogP contribution is -2.36. The smallest absolute Gasteiger partial charge is 0.0597 e. The van der Waals surface area contributed by atoms with Crippen LogP contribution >= 0.6 is 0 Å². The van der Waals surface area contributed by atoms with Crippen LogP contribution in [-0.2, 0) is 0 Å². The number of hydrogen-bond donors (Lipinski definition) is 0. The van der Waals surface area contributed by atoms with Crippen LogP contribution in [0.1, 0.15) is 20.3 Å². The molecule has 68 valence electrons. The molecule has 0 fully saturated rings. The molecule has 13 heavy (non-hydrogen) atoms. The van der Waals surface area contributed by atoms with Crippen LogP contribution in [0.4, 0.5) is 5.69 Å². The SMILES string of the molecule is CC1(C)CC=CN1c1cccnc1. The molecule has 0 saturated heterocycles. The van der Waals surface area contributed by atoms with Gasteiger partial charge in [-0.15, -0.1) is 0 Å². The van der Waals surface area contributed by atoms with Crippen LogP contribution in [0.2, 0.25) is 0 Å². The fourth-order valence-electron chi connectivity index (χ4n) is 1.68. The maximum absolute atomic E-state index is 4.12. The van der Waals surface area contributed by atoms with E-state index in [1.165, 1.54) is 5.69 Å². The third-order valence-corrected chi connectivity index (χ3v) is 2.45. The van der Waals surface area contributed by atoms with Crippen LogP contribution < -0.4 is 4.90 Å². The summed E-state index contributed by atoms with van der Waals surface area (Å²) in [6, 6.07) is 4.06. The van der Waals surface area contributed by atoms with E-state index in [-0.39, 0.29) is 5.54 Å². The van der Waals surface area contributed by atoms with Gasteiger partial charge in [-0.05, 0) is 32.4 Å². The van der Waals surface area contributed by atoms with Gasteiger partial charge in [0.05, 0.1) is 11.9 Å². The standard InChI is InChI=1S/C11H14N2/c1-11(2)6-4-8-13(11)10-5-3-7-12-9-10/h3-5,7-9H,6H2,1-2H3. The number of nitrogens with zero attached hydrogens (tertiary/aromatic N) is 2. The highest BCUT2D eigenvalue weighted by Crippen LogP contribution is 2.30. The zero-order chi connectivity index (χ0) is 9.31. The molecule has 0 atom stereocenters. The van der Waals surface area contributed by atoms with E-state index in [0.29, 0.717) is 0 Å². The largest absolute Gasteiger partial charge is 0.341 e. The van der Waals surface area contributed by atoms with E-state index in [9.17, 15) is 0 Å². The zero-order valence-corrected chi connectivity index (χ0v) is 8.07. The van der Waals surface area contributed by atoms with Crippen LogP contribution in [0.25, 0.3) is 0 Å². The van der Waals surface area contributed by atoms with E-state index in [0.717, 1.165) is 6.42 Å². The molecule has 1 aliphatic rings. The number of anilines is 1. The Kier molecular flexibility index (Phi) is 1.83. The van der Waals surface area contributed by atoms with Gasteiger partial charge in [0.25, 0.3) is 0 Å². The second kappa shape index (κ2) is 2.87. The summed E-state index contributed by atoms with van der Waals surface area (Å²) in [7, 11) is 0. The molecule has 0 radical (unpaired) electrons. The van der Waals surface area contributed by atoms with Crippen molar-refractivity contribution in [2.75, 3.05) is 4.90 Å². The quantitative estimate of drug-likeness (QED) is 0.650. The second-order valence-corrected chi connectivity index (χ2v) is 3.98. The normalized spacial score (nSPS) is 19.4. The molecule has 0 unspecified atom stereocenters. The first kappa shape index (κ1) is 8.30. The third kappa shape index (κ3) is 1.44. The van der Waals surface area contributed by atoms with Crippen LogP contribution in [0.3, 0.4) is 0 Å². The first-order valence-electron chi connectivity index (χ1n) is 4.56. The lowest BCUT2D eigenvalue weighted by atomic mass is 10.0. The van der Waals surface area contributed by atoms with Crippen LogP contribution in [0, 0.1) is 0 Å². The predicted octanol–water partition coefficient (Wildman–Crippen LogP) is 2.58. The summed E-state index contributed by atoms with van der Waals surface area (Å²) in [5.74, 6) is 0. The van der Waals surface area contributed by atoms with E-state index in [1.54, 1.807) is 6.20 Å². The van der Waals surface area contributed by atoms with E-state index in [1.807, 2.05) is 12.3 Å². The molecular formula is C11H14N2. The molecule has 2 rings (SSSR count). The minimum absolute atomic E-state index is 0.197. The van der Waals surface area contributed by atoms with E-state index >= 15 is 0 Å². The van der Waals surface area contributed by atoms with Gasteiger partial charge >= 0.3 is 0 Å². The fourth-order valence-corrected chi connectivity index (χ4v) is 1.68. The Morgan fingerprint density at radius 3 is 2.85 bits per heavy atom. The molecule has 0 aromatic carbocycles. The highest BCUT2D eigenvalue weighted by molar-refractivity contribution is 5.51. The van der Waals surface area contributed by atoms with Crippen LogP contribution in [0.15, 0.2) is 36.8 Å². The molecular weight excluding hydrogens is 160 g/mol. The maximum Gasteiger partial charge on any atom is 0.0597 e. The molecule has 0 amide bonds. The van der Waals surface area contributed by atoms with Crippen molar-refractivity contribution in [3.63, 3.8) is 0 Å². The molecule has 1 aliphatic heterocycles. The molecule has 1 aromatic heterocycles. The van der Waals surface area contributed by atoms with Gasteiger partial charge in [0.1, 0.15) is 0 Å². The maximum atomic E-state index is 4.12. The van der Waals surface area contributed by atoms with Crippen molar-refractivity contribution in [3.05, 3.63) is 36.8 Å². The molecule has 0 aliphatic carbocycles. The van der Waals surface area contributed by atoms with Gasteiger partial charge in [-0.2, -0.15) is 0 Å². The van der Waals surface area contributed by atoms with Gasteiger partial charge in [0.2, 0.25) is 0 Å². The summed E-state index contributed by atoms with van der Waals surface area (Å²) < 4.78 is 0. The first-order chi connectivity index (χ1) is 6.20. The van der Waals surface area contributed by atoms with Gasteiger partial charge in [-0.1, -0.05) is 6.08 Å². The molecule has 0 spiro atoms. The Bertz CT molecular complexity index is 314. The number of hydrogen-bond acceptors (Lipinski definition) is 2. The van der Waals surface area contributed by atoms with Crippen molar-refractivity contribution >= 4 is 5.69 Å². The topological polar surface area (TPSA) is 16.1 Å². The van der Waals surface area contributed by atoms with Crippen molar-refractivity contribution < 1.29 is 0 Å². The zero-order valence-electron chi connectivity index (χ0n) is 8.07. The molecule has 0 saturated carbocycles. The minimum Gasteiger partial charge on any atom is -0.341 e. The van der Waals surface area contributed by atoms with Crippen molar-refractivity contribution in [1.82, 2.24) is 4.98 Å².